The first kappa shape index (κ1) is 16.6. The molecule has 0 saturated heterocycles. The minimum Gasteiger partial charge on any atom is -0.354 e. The van der Waals surface area contributed by atoms with Crippen molar-refractivity contribution in [2.75, 3.05) is 6.54 Å². The summed E-state index contributed by atoms with van der Waals surface area (Å²) in [4.78, 5) is 3.60. The normalized spacial score (nSPS) is 11.3. The minimum atomic E-state index is 0.737. The second kappa shape index (κ2) is 7.08. The van der Waals surface area contributed by atoms with Crippen LogP contribution in [0.2, 0.25) is 5.02 Å². The molecule has 0 fully saturated rings. The van der Waals surface area contributed by atoms with Gasteiger partial charge in [-0.3, -0.25) is 0 Å². The zero-order chi connectivity index (χ0) is 16.4. The molecule has 0 unspecified atom stereocenters. The van der Waals surface area contributed by atoms with Gasteiger partial charge in [0.1, 0.15) is 0 Å². The zero-order valence-corrected chi connectivity index (χ0v) is 15.5. The van der Waals surface area contributed by atoms with Crippen LogP contribution in [-0.2, 0) is 6.42 Å². The van der Waals surface area contributed by atoms with Crippen LogP contribution >= 0.6 is 27.5 Å². The maximum absolute atomic E-state index is 6.30. The summed E-state index contributed by atoms with van der Waals surface area (Å²) in [7, 11) is 0. The number of aryl methyl sites for hydroxylation is 2. The van der Waals surface area contributed by atoms with E-state index in [0.717, 1.165) is 46.4 Å². The van der Waals surface area contributed by atoms with Gasteiger partial charge < -0.3 is 10.7 Å². The van der Waals surface area contributed by atoms with Gasteiger partial charge in [0.05, 0.1) is 5.52 Å². The number of benzene rings is 2. The fourth-order valence-corrected chi connectivity index (χ4v) is 3.42. The number of aromatic amines is 1. The first-order valence-electron chi connectivity index (χ1n) is 7.87. The van der Waals surface area contributed by atoms with Gasteiger partial charge in [0.25, 0.3) is 0 Å². The van der Waals surface area contributed by atoms with E-state index in [1.807, 2.05) is 6.07 Å². The Balaban J connectivity index is 2.16. The van der Waals surface area contributed by atoms with Crippen LogP contribution in [0.25, 0.3) is 22.2 Å². The number of rotatable bonds is 5. The molecule has 1 heterocycles. The highest BCUT2D eigenvalue weighted by molar-refractivity contribution is 9.10. The van der Waals surface area contributed by atoms with Crippen molar-refractivity contribution < 1.29 is 0 Å². The molecule has 0 bridgehead atoms. The summed E-state index contributed by atoms with van der Waals surface area (Å²) < 4.78 is 1.08. The molecule has 0 aliphatic carbocycles. The molecule has 0 radical (unpaired) electrons. The molecule has 0 saturated carbocycles. The Morgan fingerprint density at radius 3 is 2.52 bits per heavy atom. The van der Waals surface area contributed by atoms with E-state index in [9.17, 15) is 0 Å². The molecule has 1 aromatic heterocycles. The van der Waals surface area contributed by atoms with E-state index in [0.29, 0.717) is 0 Å². The lowest BCUT2D eigenvalue weighted by Gasteiger charge is -2.05. The number of hydrogen-bond donors (Lipinski definition) is 2. The van der Waals surface area contributed by atoms with Gasteiger partial charge in [0.2, 0.25) is 0 Å². The molecule has 3 N–H and O–H groups in total. The third kappa shape index (κ3) is 3.32. The van der Waals surface area contributed by atoms with Crippen LogP contribution in [0.15, 0.2) is 40.9 Å². The van der Waals surface area contributed by atoms with Crippen molar-refractivity contribution in [3.05, 3.63) is 57.0 Å². The van der Waals surface area contributed by atoms with Gasteiger partial charge in [-0.1, -0.05) is 45.7 Å². The molecule has 2 aromatic carbocycles. The lowest BCUT2D eigenvalue weighted by atomic mass is 9.99. The lowest BCUT2D eigenvalue weighted by molar-refractivity contribution is 0.748. The van der Waals surface area contributed by atoms with Crippen molar-refractivity contribution in [1.29, 1.82) is 0 Å². The Labute approximate surface area is 150 Å². The highest BCUT2D eigenvalue weighted by Gasteiger charge is 2.15. The molecular weight excluding hydrogens is 372 g/mol. The fourth-order valence-electron chi connectivity index (χ4n) is 3.00. The van der Waals surface area contributed by atoms with Crippen LogP contribution in [-0.4, -0.2) is 11.5 Å². The van der Waals surface area contributed by atoms with Crippen molar-refractivity contribution in [3.63, 3.8) is 0 Å². The van der Waals surface area contributed by atoms with E-state index in [4.69, 9.17) is 17.3 Å². The zero-order valence-electron chi connectivity index (χ0n) is 13.1. The SMILES string of the molecule is Cc1c(Cl)ccc2c(CCCCN)c(-c3ccc(Br)cc3)[nH]c12. The van der Waals surface area contributed by atoms with E-state index in [1.54, 1.807) is 0 Å². The van der Waals surface area contributed by atoms with Crippen LogP contribution in [0.1, 0.15) is 24.0 Å². The van der Waals surface area contributed by atoms with Crippen molar-refractivity contribution in [2.24, 2.45) is 5.73 Å². The van der Waals surface area contributed by atoms with Crippen LogP contribution in [0.4, 0.5) is 0 Å². The van der Waals surface area contributed by atoms with Crippen molar-refractivity contribution >= 4 is 38.4 Å². The summed E-state index contributed by atoms with van der Waals surface area (Å²) in [6.07, 6.45) is 3.15. The largest absolute Gasteiger partial charge is 0.354 e. The highest BCUT2D eigenvalue weighted by atomic mass is 79.9. The number of aromatic nitrogens is 1. The quantitative estimate of drug-likeness (QED) is 0.527. The third-order valence-electron chi connectivity index (χ3n) is 4.29. The van der Waals surface area contributed by atoms with Crippen LogP contribution < -0.4 is 5.73 Å². The van der Waals surface area contributed by atoms with Crippen molar-refractivity contribution in [3.8, 4) is 11.3 Å². The molecule has 3 rings (SSSR count). The first-order chi connectivity index (χ1) is 11.1. The number of fused-ring (bicyclic) bond motifs is 1. The van der Waals surface area contributed by atoms with E-state index in [-0.39, 0.29) is 0 Å². The maximum Gasteiger partial charge on any atom is 0.0506 e. The average molecular weight is 392 g/mol. The number of halogens is 2. The topological polar surface area (TPSA) is 41.8 Å². The van der Waals surface area contributed by atoms with Crippen molar-refractivity contribution in [1.82, 2.24) is 4.98 Å². The standard InChI is InChI=1S/C19H20BrClN2/c1-12-17(21)10-9-16-15(4-2-3-11-22)19(23-18(12)16)13-5-7-14(20)8-6-13/h5-10,23H,2-4,11,22H2,1H3. The van der Waals surface area contributed by atoms with Crippen LogP contribution in [0.5, 0.6) is 0 Å². The van der Waals surface area contributed by atoms with Gasteiger partial charge in [-0.2, -0.15) is 0 Å². The Bertz CT molecular complexity index is 821. The lowest BCUT2D eigenvalue weighted by Crippen LogP contribution is -1.99. The van der Waals surface area contributed by atoms with E-state index in [2.05, 4.69) is 58.2 Å². The van der Waals surface area contributed by atoms with Gasteiger partial charge >= 0.3 is 0 Å². The van der Waals surface area contributed by atoms with E-state index in [1.165, 1.54) is 22.2 Å². The smallest absolute Gasteiger partial charge is 0.0506 e. The summed E-state index contributed by atoms with van der Waals surface area (Å²) >= 11 is 9.80. The molecule has 0 aliphatic rings. The highest BCUT2D eigenvalue weighted by Crippen LogP contribution is 2.35. The fraction of sp³-hybridized carbons (Fsp3) is 0.263. The summed E-state index contributed by atoms with van der Waals surface area (Å²) in [6.45, 7) is 2.80. The van der Waals surface area contributed by atoms with Gasteiger partial charge in [-0.15, -0.1) is 0 Å². The third-order valence-corrected chi connectivity index (χ3v) is 5.23. The first-order valence-corrected chi connectivity index (χ1v) is 9.04. The van der Waals surface area contributed by atoms with Crippen LogP contribution in [0, 0.1) is 6.92 Å². The molecule has 23 heavy (non-hydrogen) atoms. The van der Waals surface area contributed by atoms with Gasteiger partial charge in [-0.05, 0) is 67.6 Å². The predicted molar refractivity (Wildman–Crippen MR) is 103 cm³/mol. The van der Waals surface area contributed by atoms with E-state index < -0.39 is 0 Å². The minimum absolute atomic E-state index is 0.737. The molecule has 0 aliphatic heterocycles. The van der Waals surface area contributed by atoms with Gasteiger partial charge in [-0.25, -0.2) is 0 Å². The summed E-state index contributed by atoms with van der Waals surface area (Å²) in [5.41, 5.74) is 11.6. The second-order valence-electron chi connectivity index (χ2n) is 5.83. The average Bonchev–Trinajstić information content (AvgIpc) is 2.91. The van der Waals surface area contributed by atoms with Gasteiger partial charge in [0.15, 0.2) is 0 Å². The number of nitrogens with two attached hydrogens (primary N) is 1. The number of unbranched alkanes of at least 4 members (excludes halogenated alkanes) is 1. The summed E-state index contributed by atoms with van der Waals surface area (Å²) in [5, 5.41) is 2.07. The number of H-pyrrole nitrogens is 1. The Kier molecular flexibility index (Phi) is 5.10. The number of hydrogen-bond acceptors (Lipinski definition) is 1. The summed E-state index contributed by atoms with van der Waals surface area (Å²) in [6, 6.07) is 12.5. The molecule has 120 valence electrons. The molecule has 0 atom stereocenters. The predicted octanol–water partition coefficient (Wildman–Crippen LogP) is 5.84. The number of nitrogens with one attached hydrogen (secondary N) is 1. The maximum atomic E-state index is 6.30. The Hall–Kier alpha value is -1.29. The van der Waals surface area contributed by atoms with E-state index >= 15 is 0 Å². The van der Waals surface area contributed by atoms with Crippen LogP contribution in [0.3, 0.4) is 0 Å². The second-order valence-corrected chi connectivity index (χ2v) is 7.15. The molecule has 3 aromatic rings. The monoisotopic (exact) mass is 390 g/mol. The van der Waals surface area contributed by atoms with Crippen molar-refractivity contribution in [2.45, 2.75) is 26.2 Å². The molecule has 4 heteroatoms. The molecule has 0 amide bonds. The molecule has 0 spiro atoms. The van der Waals surface area contributed by atoms with Gasteiger partial charge in [0, 0.05) is 20.6 Å². The molecule has 2 nitrogen and oxygen atoms in total. The summed E-state index contributed by atoms with van der Waals surface area (Å²) in [5.74, 6) is 0. The Morgan fingerprint density at radius 2 is 1.83 bits per heavy atom. The molecular formula is C19H20BrClN2. The Morgan fingerprint density at radius 1 is 1.09 bits per heavy atom.